The van der Waals surface area contributed by atoms with Crippen molar-refractivity contribution in [3.8, 4) is 11.5 Å². The predicted molar refractivity (Wildman–Crippen MR) is 156 cm³/mol. The average Bonchev–Trinajstić information content (AvgIpc) is 3.48. The summed E-state index contributed by atoms with van der Waals surface area (Å²) >= 11 is 0. The number of piperazine rings is 1. The van der Waals surface area contributed by atoms with Crippen LogP contribution in [0.4, 0.5) is 4.79 Å². The third kappa shape index (κ3) is 8.27. The maximum atomic E-state index is 14.0. The van der Waals surface area contributed by atoms with E-state index in [4.69, 9.17) is 14.2 Å². The smallest absolute Gasteiger partial charge is 0.318 e. The van der Waals surface area contributed by atoms with Gasteiger partial charge in [-0.25, -0.2) is 4.79 Å². The first-order chi connectivity index (χ1) is 19.8. The molecule has 2 N–H and O–H groups in total. The summed E-state index contributed by atoms with van der Waals surface area (Å²) in [5.74, 6) is 1.16. The molecule has 10 heteroatoms. The fraction of sp³-hybridized carbons (Fsp3) is 0.710. The Hall–Kier alpha value is -3.01. The zero-order valence-electron chi connectivity index (χ0n) is 25.2. The number of rotatable bonds is 11. The molecule has 1 unspecified atom stereocenters. The second-order valence-electron chi connectivity index (χ2n) is 12.0. The Kier molecular flexibility index (Phi) is 11.1. The molecule has 0 radical (unpaired) electrons. The van der Waals surface area contributed by atoms with Crippen LogP contribution in [0, 0.1) is 5.92 Å². The summed E-state index contributed by atoms with van der Waals surface area (Å²) in [7, 11) is 3.17. The van der Waals surface area contributed by atoms with Crippen LogP contribution in [0.25, 0.3) is 0 Å². The summed E-state index contributed by atoms with van der Waals surface area (Å²) in [4.78, 5) is 44.5. The molecule has 3 aliphatic rings. The highest BCUT2D eigenvalue weighted by Crippen LogP contribution is 2.31. The number of amides is 4. The molecule has 1 saturated carbocycles. The number of carbonyl (C=O) groups is 3. The Bertz CT molecular complexity index is 1040. The molecule has 4 rings (SSSR count). The van der Waals surface area contributed by atoms with Crippen molar-refractivity contribution in [2.75, 3.05) is 33.9 Å². The molecule has 3 fully saturated rings. The Morgan fingerprint density at radius 3 is 2.46 bits per heavy atom. The highest BCUT2D eigenvalue weighted by molar-refractivity contribution is 5.89. The molecular weight excluding hydrogens is 524 g/mol. The minimum atomic E-state index is -0.650. The van der Waals surface area contributed by atoms with E-state index >= 15 is 0 Å². The van der Waals surface area contributed by atoms with E-state index < -0.39 is 12.1 Å². The van der Waals surface area contributed by atoms with Crippen LogP contribution in [0.1, 0.15) is 77.2 Å². The van der Waals surface area contributed by atoms with E-state index in [1.54, 1.807) is 24.0 Å². The minimum Gasteiger partial charge on any atom is -0.493 e. The zero-order valence-corrected chi connectivity index (χ0v) is 25.2. The van der Waals surface area contributed by atoms with Gasteiger partial charge in [0.2, 0.25) is 11.8 Å². The van der Waals surface area contributed by atoms with Gasteiger partial charge in [0.25, 0.3) is 0 Å². The maximum absolute atomic E-state index is 14.0. The Morgan fingerprint density at radius 2 is 1.80 bits per heavy atom. The summed E-state index contributed by atoms with van der Waals surface area (Å²) < 4.78 is 16.5. The largest absolute Gasteiger partial charge is 0.493 e. The van der Waals surface area contributed by atoms with Crippen LogP contribution < -0.4 is 20.1 Å². The van der Waals surface area contributed by atoms with Crippen molar-refractivity contribution in [1.29, 1.82) is 0 Å². The number of benzene rings is 1. The third-order valence-corrected chi connectivity index (χ3v) is 8.41. The second kappa shape index (κ2) is 14.8. The van der Waals surface area contributed by atoms with Crippen LogP contribution in [-0.4, -0.2) is 85.8 Å². The van der Waals surface area contributed by atoms with Crippen LogP contribution in [-0.2, 0) is 20.9 Å². The van der Waals surface area contributed by atoms with Crippen molar-refractivity contribution in [3.63, 3.8) is 0 Å². The molecule has 228 valence electrons. The van der Waals surface area contributed by atoms with E-state index in [0.29, 0.717) is 31.0 Å². The van der Waals surface area contributed by atoms with Crippen LogP contribution in [0.2, 0.25) is 0 Å². The van der Waals surface area contributed by atoms with Gasteiger partial charge in [-0.2, -0.15) is 0 Å². The minimum absolute atomic E-state index is 0.0350. The first kappa shape index (κ1) is 30.9. The van der Waals surface area contributed by atoms with Crippen LogP contribution >= 0.6 is 0 Å². The van der Waals surface area contributed by atoms with Crippen molar-refractivity contribution in [1.82, 2.24) is 20.4 Å². The molecule has 0 aromatic heterocycles. The van der Waals surface area contributed by atoms with Gasteiger partial charge < -0.3 is 34.6 Å². The molecule has 3 atom stereocenters. The topological polar surface area (TPSA) is 109 Å². The summed E-state index contributed by atoms with van der Waals surface area (Å²) in [6, 6.07) is 4.37. The number of ether oxygens (including phenoxy) is 3. The summed E-state index contributed by atoms with van der Waals surface area (Å²) in [5, 5.41) is 6.23. The summed E-state index contributed by atoms with van der Waals surface area (Å²) in [5.41, 5.74) is 0.890. The van der Waals surface area contributed by atoms with Crippen LogP contribution in [0.15, 0.2) is 18.2 Å². The van der Waals surface area contributed by atoms with E-state index in [1.165, 1.54) is 6.42 Å². The summed E-state index contributed by atoms with van der Waals surface area (Å²) in [6.45, 7) is 5.92. The average molecular weight is 573 g/mol. The molecule has 0 bridgehead atoms. The van der Waals surface area contributed by atoms with Gasteiger partial charge in [0, 0.05) is 38.7 Å². The first-order valence-electron chi connectivity index (χ1n) is 15.3. The number of hydrogen-bond acceptors (Lipinski definition) is 6. The van der Waals surface area contributed by atoms with E-state index in [-0.39, 0.29) is 48.9 Å². The number of methoxy groups -OCH3 is 2. The van der Waals surface area contributed by atoms with Gasteiger partial charge in [-0.3, -0.25) is 9.59 Å². The van der Waals surface area contributed by atoms with E-state index in [1.807, 2.05) is 18.2 Å². The van der Waals surface area contributed by atoms with Gasteiger partial charge in [-0.1, -0.05) is 39.2 Å². The second-order valence-corrected chi connectivity index (χ2v) is 12.0. The molecule has 1 aliphatic carbocycles. The number of carbonyl (C=O) groups excluding carboxylic acids is 3. The van der Waals surface area contributed by atoms with Crippen molar-refractivity contribution >= 4 is 17.8 Å². The van der Waals surface area contributed by atoms with E-state index in [9.17, 15) is 14.4 Å². The highest BCUT2D eigenvalue weighted by atomic mass is 16.5. The van der Waals surface area contributed by atoms with Crippen LogP contribution in [0.3, 0.4) is 0 Å². The van der Waals surface area contributed by atoms with Gasteiger partial charge in [0.05, 0.1) is 26.4 Å². The molecule has 1 aromatic rings. The normalized spacial score (nSPS) is 23.5. The lowest BCUT2D eigenvalue weighted by Gasteiger charge is -2.47. The van der Waals surface area contributed by atoms with Crippen molar-refractivity contribution in [2.45, 2.75) is 102 Å². The standard InChI is InChI=1S/C31H48N4O6/c1-21(2)15-26-30(37)34(19-22-12-13-27(39-3)28(16-22)40-4)20-24(17-29(36)32-18-25-11-8-14-41-25)35(26)31(38)33-23-9-6-5-7-10-23/h12-13,16,21,23-26H,5-11,14-15,17-20H2,1-4H3,(H,32,36)(H,33,38)/t24-,25?,26-/m0/s1. The van der Waals surface area contributed by atoms with E-state index in [0.717, 1.165) is 50.7 Å². The van der Waals surface area contributed by atoms with Gasteiger partial charge in [-0.05, 0) is 55.7 Å². The summed E-state index contributed by atoms with van der Waals surface area (Å²) in [6.07, 6.45) is 7.87. The number of urea groups is 1. The van der Waals surface area contributed by atoms with Gasteiger partial charge >= 0.3 is 6.03 Å². The molecule has 10 nitrogen and oxygen atoms in total. The molecule has 2 saturated heterocycles. The quantitative estimate of drug-likeness (QED) is 0.417. The maximum Gasteiger partial charge on any atom is 0.318 e. The van der Waals surface area contributed by atoms with Gasteiger partial charge in [0.15, 0.2) is 11.5 Å². The lowest BCUT2D eigenvalue weighted by molar-refractivity contribution is -0.145. The third-order valence-electron chi connectivity index (χ3n) is 8.41. The van der Waals surface area contributed by atoms with Crippen molar-refractivity contribution in [2.24, 2.45) is 5.92 Å². The fourth-order valence-electron chi connectivity index (χ4n) is 6.30. The predicted octanol–water partition coefficient (Wildman–Crippen LogP) is 3.86. The Morgan fingerprint density at radius 1 is 1.05 bits per heavy atom. The Balaban J connectivity index is 1.57. The lowest BCUT2D eigenvalue weighted by atomic mass is 9.93. The monoisotopic (exact) mass is 572 g/mol. The van der Waals surface area contributed by atoms with Gasteiger partial charge in [0.1, 0.15) is 6.04 Å². The molecular formula is C31H48N4O6. The Labute approximate surface area is 244 Å². The number of nitrogens with one attached hydrogen (secondary N) is 2. The lowest BCUT2D eigenvalue weighted by Crippen LogP contribution is -2.66. The van der Waals surface area contributed by atoms with Gasteiger partial charge in [-0.15, -0.1) is 0 Å². The number of nitrogens with zero attached hydrogens (tertiary/aromatic N) is 2. The van der Waals surface area contributed by atoms with Crippen molar-refractivity contribution < 1.29 is 28.6 Å². The molecule has 1 aromatic carbocycles. The SMILES string of the molecule is COc1ccc(CN2C[C@H](CC(=O)NCC3CCCO3)N(C(=O)NC3CCCCC3)[C@@H](CC(C)C)C2=O)cc1OC. The molecule has 0 spiro atoms. The fourth-order valence-corrected chi connectivity index (χ4v) is 6.30. The first-order valence-corrected chi connectivity index (χ1v) is 15.3. The van der Waals surface area contributed by atoms with Crippen LogP contribution in [0.5, 0.6) is 11.5 Å². The highest BCUT2D eigenvalue weighted by Gasteiger charge is 2.44. The van der Waals surface area contributed by atoms with E-state index in [2.05, 4.69) is 24.5 Å². The molecule has 41 heavy (non-hydrogen) atoms. The molecule has 2 heterocycles. The number of hydrogen-bond donors (Lipinski definition) is 2. The molecule has 2 aliphatic heterocycles. The van der Waals surface area contributed by atoms with Crippen molar-refractivity contribution in [3.05, 3.63) is 23.8 Å². The zero-order chi connectivity index (χ0) is 29.4. The molecule has 4 amide bonds.